The lowest BCUT2D eigenvalue weighted by Gasteiger charge is -2.24. The van der Waals surface area contributed by atoms with Crippen molar-refractivity contribution in [3.8, 4) is 0 Å². The number of aliphatic imine (C=N–C) groups is 1. The molecule has 1 fully saturated rings. The van der Waals surface area contributed by atoms with Crippen LogP contribution < -0.4 is 5.73 Å². The third-order valence-corrected chi connectivity index (χ3v) is 3.56. The molecule has 1 aromatic carbocycles. The van der Waals surface area contributed by atoms with Crippen molar-refractivity contribution in [2.24, 2.45) is 10.7 Å². The predicted octanol–water partition coefficient (Wildman–Crippen LogP) is 1.22. The van der Waals surface area contributed by atoms with Gasteiger partial charge in [0.05, 0.1) is 25.5 Å². The zero-order chi connectivity index (χ0) is 16.7. The van der Waals surface area contributed by atoms with E-state index in [9.17, 15) is 4.79 Å². The van der Waals surface area contributed by atoms with E-state index in [1.807, 2.05) is 35.2 Å². The third-order valence-electron chi connectivity index (χ3n) is 3.56. The zero-order valence-corrected chi connectivity index (χ0v) is 13.3. The van der Waals surface area contributed by atoms with Gasteiger partial charge in [-0.1, -0.05) is 30.3 Å². The average Bonchev–Trinajstić information content (AvgIpc) is 2.56. The van der Waals surface area contributed by atoms with Crippen LogP contribution in [0.5, 0.6) is 0 Å². The molecular weight excluding hydrogens is 292 g/mol. The summed E-state index contributed by atoms with van der Waals surface area (Å²) in [5.41, 5.74) is 7.60. The van der Waals surface area contributed by atoms with E-state index in [4.69, 9.17) is 15.9 Å². The lowest BCUT2D eigenvalue weighted by molar-refractivity contribution is -0.119. The Morgan fingerprint density at radius 3 is 2.65 bits per heavy atom. The molecule has 0 atom stereocenters. The summed E-state index contributed by atoms with van der Waals surface area (Å²) in [6.07, 6.45) is 1.62. The van der Waals surface area contributed by atoms with E-state index in [2.05, 4.69) is 4.99 Å². The number of ether oxygens (including phenoxy) is 1. The van der Waals surface area contributed by atoms with Crippen LogP contribution in [0.25, 0.3) is 0 Å². The number of nitrogens with zero attached hydrogens (tertiary/aromatic N) is 2. The maximum Gasteiger partial charge on any atom is 0.261 e. The number of hydrogen-bond acceptors (Lipinski definition) is 4. The number of benzene rings is 1. The molecule has 0 aliphatic carbocycles. The number of nitrogens with one attached hydrogen (secondary N) is 1. The van der Waals surface area contributed by atoms with Crippen LogP contribution in [-0.2, 0) is 9.53 Å². The van der Waals surface area contributed by atoms with E-state index in [-0.39, 0.29) is 18.3 Å². The minimum atomic E-state index is -0.275. The number of allylic oxidation sites excluding steroid dienone is 1. The number of rotatable bonds is 5. The molecule has 0 spiro atoms. The monoisotopic (exact) mass is 314 g/mol. The summed E-state index contributed by atoms with van der Waals surface area (Å²) in [5.74, 6) is -0.118. The van der Waals surface area contributed by atoms with Crippen LogP contribution in [0.3, 0.4) is 0 Å². The topological polar surface area (TPSA) is 91.8 Å². The van der Waals surface area contributed by atoms with Gasteiger partial charge < -0.3 is 15.9 Å². The average molecular weight is 314 g/mol. The van der Waals surface area contributed by atoms with Crippen molar-refractivity contribution in [2.75, 3.05) is 32.8 Å². The molecule has 0 unspecified atom stereocenters. The first kappa shape index (κ1) is 17.1. The van der Waals surface area contributed by atoms with Crippen LogP contribution in [0.4, 0.5) is 0 Å². The highest BCUT2D eigenvalue weighted by Gasteiger charge is 2.14. The van der Waals surface area contributed by atoms with Crippen molar-refractivity contribution in [3.63, 3.8) is 0 Å². The van der Waals surface area contributed by atoms with Gasteiger partial charge in [0.15, 0.2) is 0 Å². The minimum Gasteiger partial charge on any atom is -0.383 e. The Hall–Kier alpha value is -2.31. The van der Waals surface area contributed by atoms with Crippen LogP contribution in [0.1, 0.15) is 12.5 Å². The van der Waals surface area contributed by atoms with Gasteiger partial charge in [0.1, 0.15) is 5.84 Å². The summed E-state index contributed by atoms with van der Waals surface area (Å²) in [6, 6.07) is 9.34. The fourth-order valence-corrected chi connectivity index (χ4v) is 2.20. The Bertz CT molecular complexity index is 617. The Balaban J connectivity index is 1.97. The second-order valence-corrected chi connectivity index (χ2v) is 5.39. The number of amidine groups is 1. The summed E-state index contributed by atoms with van der Waals surface area (Å²) in [7, 11) is 0. The number of hydrogen-bond donors (Lipinski definition) is 2. The van der Waals surface area contributed by atoms with Crippen LogP contribution in [0.2, 0.25) is 0 Å². The predicted molar refractivity (Wildman–Crippen MR) is 90.9 cm³/mol. The Kier molecular flexibility index (Phi) is 6.19. The van der Waals surface area contributed by atoms with Crippen molar-refractivity contribution >= 4 is 17.5 Å². The smallest absolute Gasteiger partial charge is 0.261 e. The molecule has 0 saturated carbocycles. The molecule has 0 radical (unpaired) electrons. The van der Waals surface area contributed by atoms with Gasteiger partial charge >= 0.3 is 0 Å². The molecule has 0 bridgehead atoms. The first-order chi connectivity index (χ1) is 11.1. The van der Waals surface area contributed by atoms with Gasteiger partial charge in [0.25, 0.3) is 5.91 Å². The second kappa shape index (κ2) is 8.36. The highest BCUT2D eigenvalue weighted by Crippen LogP contribution is 2.04. The Labute approximate surface area is 136 Å². The molecule has 1 amide bonds. The van der Waals surface area contributed by atoms with Crippen LogP contribution in [0, 0.1) is 5.41 Å². The van der Waals surface area contributed by atoms with E-state index in [0.29, 0.717) is 24.5 Å². The van der Waals surface area contributed by atoms with Crippen LogP contribution >= 0.6 is 0 Å². The standard InChI is InChI=1S/C17H22N4O2/c1-13(11-15(18)14-5-3-2-4-6-14)17(19)20-16(22)12-21-7-9-23-10-8-21/h2-6,11,18H,7-10,12H2,1H3,(H2,19,20,22)/b13-11-,18-15?. The normalized spacial score (nSPS) is 17.1. The summed E-state index contributed by atoms with van der Waals surface area (Å²) in [6.45, 7) is 4.73. The van der Waals surface area contributed by atoms with Gasteiger partial charge in [-0.15, -0.1) is 0 Å². The second-order valence-electron chi connectivity index (χ2n) is 5.39. The van der Waals surface area contributed by atoms with E-state index in [0.717, 1.165) is 18.7 Å². The number of nitrogens with two attached hydrogens (primary N) is 1. The van der Waals surface area contributed by atoms with Gasteiger partial charge in [0.2, 0.25) is 0 Å². The number of carbonyl (C=O) groups excluding carboxylic acids is 1. The molecule has 1 saturated heterocycles. The molecule has 1 aliphatic heterocycles. The van der Waals surface area contributed by atoms with Crippen molar-refractivity contribution in [1.82, 2.24) is 4.90 Å². The van der Waals surface area contributed by atoms with Gasteiger partial charge in [-0.25, -0.2) is 0 Å². The summed E-state index contributed by atoms with van der Waals surface area (Å²) in [5, 5.41) is 8.05. The lowest BCUT2D eigenvalue weighted by atomic mass is 10.1. The number of amides is 1. The first-order valence-electron chi connectivity index (χ1n) is 7.56. The van der Waals surface area contributed by atoms with Gasteiger partial charge in [0, 0.05) is 13.1 Å². The summed E-state index contributed by atoms with van der Waals surface area (Å²) < 4.78 is 5.24. The van der Waals surface area contributed by atoms with Gasteiger partial charge in [-0.3, -0.25) is 9.69 Å². The van der Waals surface area contributed by atoms with Crippen molar-refractivity contribution in [2.45, 2.75) is 6.92 Å². The molecule has 23 heavy (non-hydrogen) atoms. The zero-order valence-electron chi connectivity index (χ0n) is 13.3. The quantitative estimate of drug-likeness (QED) is 0.631. The molecular formula is C17H22N4O2. The first-order valence-corrected chi connectivity index (χ1v) is 7.56. The molecule has 6 heteroatoms. The van der Waals surface area contributed by atoms with Gasteiger partial charge in [-0.2, -0.15) is 4.99 Å². The molecule has 2 rings (SSSR count). The van der Waals surface area contributed by atoms with Crippen LogP contribution in [-0.4, -0.2) is 55.2 Å². The maximum absolute atomic E-state index is 12.0. The third kappa shape index (κ3) is 5.43. The van der Waals surface area contributed by atoms with E-state index < -0.39 is 0 Å². The minimum absolute atomic E-state index is 0.156. The maximum atomic E-state index is 12.0. The lowest BCUT2D eigenvalue weighted by Crippen LogP contribution is -2.39. The van der Waals surface area contributed by atoms with Crippen LogP contribution in [0.15, 0.2) is 47.0 Å². The molecule has 0 aromatic heterocycles. The highest BCUT2D eigenvalue weighted by atomic mass is 16.5. The highest BCUT2D eigenvalue weighted by molar-refractivity contribution is 6.13. The fourth-order valence-electron chi connectivity index (χ4n) is 2.20. The number of carbonyl (C=O) groups is 1. The molecule has 3 N–H and O–H groups in total. The largest absolute Gasteiger partial charge is 0.383 e. The van der Waals surface area contributed by atoms with E-state index in [1.54, 1.807) is 13.0 Å². The number of morpholine rings is 1. The molecule has 1 aromatic rings. The fraction of sp³-hybridized carbons (Fsp3) is 0.353. The van der Waals surface area contributed by atoms with Crippen molar-refractivity contribution in [3.05, 3.63) is 47.5 Å². The van der Waals surface area contributed by atoms with E-state index >= 15 is 0 Å². The Morgan fingerprint density at radius 2 is 2.00 bits per heavy atom. The van der Waals surface area contributed by atoms with Gasteiger partial charge in [-0.05, 0) is 24.1 Å². The summed E-state index contributed by atoms with van der Waals surface area (Å²) >= 11 is 0. The molecule has 1 aliphatic rings. The molecule has 122 valence electrons. The Morgan fingerprint density at radius 1 is 1.35 bits per heavy atom. The summed E-state index contributed by atoms with van der Waals surface area (Å²) in [4.78, 5) is 17.9. The molecule has 6 nitrogen and oxygen atoms in total. The van der Waals surface area contributed by atoms with Crippen molar-refractivity contribution < 1.29 is 9.53 Å². The van der Waals surface area contributed by atoms with Crippen molar-refractivity contribution in [1.29, 1.82) is 5.41 Å². The van der Waals surface area contributed by atoms with E-state index in [1.165, 1.54) is 0 Å². The SMILES string of the molecule is C/C(=C/C(=N)c1ccccc1)C(N)=NC(=O)CN1CCOCC1. The molecule has 1 heterocycles.